The highest BCUT2D eigenvalue weighted by atomic mass is 16.3. The zero-order valence-electron chi connectivity index (χ0n) is 29.0. The molecule has 0 aliphatic rings. The van der Waals surface area contributed by atoms with Crippen LogP contribution in [0.4, 0.5) is 0 Å². The summed E-state index contributed by atoms with van der Waals surface area (Å²) in [6.07, 6.45) is 0. The number of nitrogens with zero attached hydrogens (tertiary/aromatic N) is 4. The molecule has 3 heterocycles. The Morgan fingerprint density at radius 1 is 0.352 bits per heavy atom. The van der Waals surface area contributed by atoms with Gasteiger partial charge in [-0.1, -0.05) is 152 Å². The monoisotopic (exact) mass is 690 g/mol. The summed E-state index contributed by atoms with van der Waals surface area (Å²) in [6.45, 7) is 0. The molecule has 0 radical (unpaired) electrons. The molecule has 252 valence electrons. The molecule has 0 aliphatic carbocycles. The summed E-state index contributed by atoms with van der Waals surface area (Å²) in [5, 5.41) is 6.92. The van der Waals surface area contributed by atoms with Crippen LogP contribution in [-0.4, -0.2) is 19.5 Å². The summed E-state index contributed by atoms with van der Waals surface area (Å²) in [4.78, 5) is 15.2. The average Bonchev–Trinajstić information content (AvgIpc) is 3.80. The summed E-state index contributed by atoms with van der Waals surface area (Å²) < 4.78 is 9.10. The van der Waals surface area contributed by atoms with Gasteiger partial charge in [0, 0.05) is 32.8 Å². The third kappa shape index (κ3) is 4.76. The number of hydrogen-bond acceptors (Lipinski definition) is 4. The number of benzene rings is 8. The summed E-state index contributed by atoms with van der Waals surface area (Å²) in [5.41, 5.74) is 9.85. The zero-order chi connectivity index (χ0) is 35.6. The van der Waals surface area contributed by atoms with E-state index >= 15 is 0 Å². The van der Waals surface area contributed by atoms with Gasteiger partial charge in [-0.15, -0.1) is 0 Å². The molecule has 0 unspecified atom stereocenters. The molecule has 11 aromatic rings. The molecule has 0 saturated heterocycles. The fraction of sp³-hybridized carbons (Fsp3) is 0. The Bertz CT molecular complexity index is 3140. The molecule has 0 amide bonds. The molecule has 0 saturated carbocycles. The van der Waals surface area contributed by atoms with E-state index in [1.54, 1.807) is 0 Å². The fourth-order valence-electron chi connectivity index (χ4n) is 8.02. The van der Waals surface area contributed by atoms with Crippen LogP contribution < -0.4 is 0 Å². The molecule has 8 aromatic carbocycles. The highest BCUT2D eigenvalue weighted by Gasteiger charge is 2.23. The number of hydrogen-bond donors (Lipinski definition) is 0. The average molecular weight is 691 g/mol. The van der Waals surface area contributed by atoms with E-state index in [2.05, 4.69) is 114 Å². The quantitative estimate of drug-likeness (QED) is 0.180. The van der Waals surface area contributed by atoms with Crippen LogP contribution in [0.3, 0.4) is 0 Å². The van der Waals surface area contributed by atoms with Crippen molar-refractivity contribution >= 4 is 54.5 Å². The lowest BCUT2D eigenvalue weighted by atomic mass is 9.95. The fourth-order valence-corrected chi connectivity index (χ4v) is 8.02. The van der Waals surface area contributed by atoms with Gasteiger partial charge in [-0.25, -0.2) is 15.0 Å². The van der Waals surface area contributed by atoms with Gasteiger partial charge in [-0.05, 0) is 52.2 Å². The minimum absolute atomic E-state index is 0.572. The molecule has 5 nitrogen and oxygen atoms in total. The number of furan rings is 1. The van der Waals surface area contributed by atoms with Crippen molar-refractivity contribution in [3.8, 4) is 51.0 Å². The first-order valence-electron chi connectivity index (χ1n) is 18.1. The molecule has 5 heteroatoms. The van der Waals surface area contributed by atoms with Crippen molar-refractivity contribution in [3.63, 3.8) is 0 Å². The number of rotatable bonds is 5. The van der Waals surface area contributed by atoms with Gasteiger partial charge in [-0.3, -0.25) is 0 Å². The van der Waals surface area contributed by atoms with Crippen LogP contribution in [0.15, 0.2) is 186 Å². The molecule has 0 fully saturated rings. The molecule has 0 aliphatic heterocycles. The number of aromatic nitrogens is 4. The Labute approximate surface area is 310 Å². The van der Waals surface area contributed by atoms with Gasteiger partial charge in [0.05, 0.1) is 22.1 Å². The Kier molecular flexibility index (Phi) is 6.79. The molecular formula is C49H30N4O. The summed E-state index contributed by atoms with van der Waals surface area (Å²) in [6, 6.07) is 63.3. The van der Waals surface area contributed by atoms with Crippen LogP contribution in [0.25, 0.3) is 105 Å². The van der Waals surface area contributed by atoms with Crippen molar-refractivity contribution in [1.82, 2.24) is 19.5 Å². The molecule has 0 bridgehead atoms. The van der Waals surface area contributed by atoms with E-state index in [0.29, 0.717) is 17.5 Å². The SMILES string of the molecule is c1ccc(-c2nc(-c3ccccc3)nc(-c3cc(-n4c5ccccc5c5c6ccccc6c(-c6ccccc6)cc54)c4c(c3)oc3ccccc34)n2)cc1. The number of para-hydroxylation sites is 2. The smallest absolute Gasteiger partial charge is 0.164 e. The van der Waals surface area contributed by atoms with Crippen molar-refractivity contribution in [3.05, 3.63) is 182 Å². The van der Waals surface area contributed by atoms with Crippen molar-refractivity contribution < 1.29 is 4.42 Å². The maximum absolute atomic E-state index is 6.69. The highest BCUT2D eigenvalue weighted by Crippen LogP contribution is 2.44. The topological polar surface area (TPSA) is 56.7 Å². The van der Waals surface area contributed by atoms with E-state index < -0.39 is 0 Å². The number of fused-ring (bicyclic) bond motifs is 8. The van der Waals surface area contributed by atoms with E-state index in [4.69, 9.17) is 19.4 Å². The first-order chi connectivity index (χ1) is 26.8. The van der Waals surface area contributed by atoms with Gasteiger partial charge >= 0.3 is 0 Å². The van der Waals surface area contributed by atoms with Crippen LogP contribution in [0.1, 0.15) is 0 Å². The lowest BCUT2D eigenvalue weighted by molar-refractivity contribution is 0.669. The molecule has 0 spiro atoms. The lowest BCUT2D eigenvalue weighted by Crippen LogP contribution is -2.01. The van der Waals surface area contributed by atoms with Crippen molar-refractivity contribution in [2.24, 2.45) is 0 Å². The maximum Gasteiger partial charge on any atom is 0.164 e. The predicted molar refractivity (Wildman–Crippen MR) is 221 cm³/mol. The third-order valence-corrected chi connectivity index (χ3v) is 10.4. The molecule has 0 N–H and O–H groups in total. The lowest BCUT2D eigenvalue weighted by Gasteiger charge is -2.14. The van der Waals surface area contributed by atoms with Crippen LogP contribution in [0.5, 0.6) is 0 Å². The van der Waals surface area contributed by atoms with E-state index in [1.807, 2.05) is 72.8 Å². The van der Waals surface area contributed by atoms with Crippen molar-refractivity contribution in [2.75, 3.05) is 0 Å². The Morgan fingerprint density at radius 3 is 1.54 bits per heavy atom. The summed E-state index contributed by atoms with van der Waals surface area (Å²) >= 11 is 0. The van der Waals surface area contributed by atoms with Crippen molar-refractivity contribution in [1.29, 1.82) is 0 Å². The Hall–Kier alpha value is -7.37. The van der Waals surface area contributed by atoms with Gasteiger partial charge in [0.15, 0.2) is 17.5 Å². The molecule has 3 aromatic heterocycles. The molecular weight excluding hydrogens is 661 g/mol. The molecule has 0 atom stereocenters. The van der Waals surface area contributed by atoms with Crippen LogP contribution in [0, 0.1) is 0 Å². The van der Waals surface area contributed by atoms with E-state index in [1.165, 1.54) is 32.7 Å². The second-order valence-electron chi connectivity index (χ2n) is 13.6. The van der Waals surface area contributed by atoms with Gasteiger partial charge < -0.3 is 8.98 Å². The Balaban J connectivity index is 1.27. The highest BCUT2D eigenvalue weighted by molar-refractivity contribution is 6.25. The summed E-state index contributed by atoms with van der Waals surface area (Å²) in [7, 11) is 0. The first kappa shape index (κ1) is 30.3. The van der Waals surface area contributed by atoms with Crippen molar-refractivity contribution in [2.45, 2.75) is 0 Å². The standard InChI is InChI=1S/C49H30N4O/c1-4-16-31(17-5-1)39-30-42-45(36-23-11-10-22-35(36)39)37-24-12-14-26-40(37)53(42)41-28-34(29-44-46(41)38-25-13-15-27-43(38)54-44)49-51-47(32-18-6-2-7-19-32)50-48(52-49)33-20-8-3-9-21-33/h1-30H. The van der Waals surface area contributed by atoms with Gasteiger partial charge in [-0.2, -0.15) is 0 Å². The second-order valence-corrected chi connectivity index (χ2v) is 13.6. The normalized spacial score (nSPS) is 11.7. The first-order valence-corrected chi connectivity index (χ1v) is 18.1. The van der Waals surface area contributed by atoms with Gasteiger partial charge in [0.2, 0.25) is 0 Å². The van der Waals surface area contributed by atoms with Gasteiger partial charge in [0.25, 0.3) is 0 Å². The van der Waals surface area contributed by atoms with Gasteiger partial charge in [0.1, 0.15) is 11.2 Å². The van der Waals surface area contributed by atoms with Crippen LogP contribution >= 0.6 is 0 Å². The minimum atomic E-state index is 0.572. The molecule has 54 heavy (non-hydrogen) atoms. The largest absolute Gasteiger partial charge is 0.456 e. The maximum atomic E-state index is 6.69. The molecule has 11 rings (SSSR count). The van der Waals surface area contributed by atoms with E-state index in [9.17, 15) is 0 Å². The summed E-state index contributed by atoms with van der Waals surface area (Å²) in [5.74, 6) is 1.80. The Morgan fingerprint density at radius 2 is 0.870 bits per heavy atom. The minimum Gasteiger partial charge on any atom is -0.456 e. The second kappa shape index (κ2) is 12.1. The van der Waals surface area contributed by atoms with Crippen LogP contribution in [0.2, 0.25) is 0 Å². The predicted octanol–water partition coefficient (Wildman–Crippen LogP) is 12.7. The third-order valence-electron chi connectivity index (χ3n) is 10.4. The van der Waals surface area contributed by atoms with E-state index in [-0.39, 0.29) is 0 Å². The van der Waals surface area contributed by atoms with E-state index in [0.717, 1.165) is 55.3 Å². The van der Waals surface area contributed by atoms with Crippen LogP contribution in [-0.2, 0) is 0 Å². The zero-order valence-corrected chi connectivity index (χ0v) is 29.0.